The second kappa shape index (κ2) is 8.67. The Morgan fingerprint density at radius 2 is 1.82 bits per heavy atom. The normalized spacial score (nSPS) is 11.6. The first kappa shape index (κ1) is 19.6. The first-order valence-electron chi connectivity index (χ1n) is 8.88. The summed E-state index contributed by atoms with van der Waals surface area (Å²) in [6, 6.07) is 14.5. The van der Waals surface area contributed by atoms with E-state index in [9.17, 15) is 9.59 Å². The van der Waals surface area contributed by atoms with Crippen molar-refractivity contribution >= 4 is 34.0 Å². The predicted molar refractivity (Wildman–Crippen MR) is 111 cm³/mol. The number of thiazole rings is 1. The maximum Gasteiger partial charge on any atom is 0.338 e. The molecule has 6 nitrogen and oxygen atoms in total. The first-order valence-corrected chi connectivity index (χ1v) is 9.76. The second-order valence-electron chi connectivity index (χ2n) is 6.25. The lowest BCUT2D eigenvalue weighted by Crippen LogP contribution is -2.29. The van der Waals surface area contributed by atoms with Gasteiger partial charge in [0, 0.05) is 16.6 Å². The van der Waals surface area contributed by atoms with Crippen LogP contribution in [0, 0.1) is 0 Å². The molecule has 0 saturated carbocycles. The zero-order chi connectivity index (χ0) is 20.1. The summed E-state index contributed by atoms with van der Waals surface area (Å²) in [7, 11) is 0. The maximum atomic E-state index is 12.3. The third-order valence-electron chi connectivity index (χ3n) is 4.19. The molecule has 0 aliphatic carbocycles. The monoisotopic (exact) mass is 395 g/mol. The fourth-order valence-corrected chi connectivity index (χ4v) is 3.21. The summed E-state index contributed by atoms with van der Waals surface area (Å²) < 4.78 is 5.21. The molecule has 28 heavy (non-hydrogen) atoms. The molecule has 0 radical (unpaired) electrons. The van der Waals surface area contributed by atoms with E-state index in [4.69, 9.17) is 10.5 Å². The highest BCUT2D eigenvalue weighted by Gasteiger charge is 2.20. The Balaban J connectivity index is 1.60. The number of aryl methyl sites for hydroxylation is 1. The predicted octanol–water partition coefficient (Wildman–Crippen LogP) is 4.14. The molecule has 0 aliphatic heterocycles. The SMILES string of the molecule is CCc1ccc(-c2csc(NC(=O)[C@@H](C)OC(=O)c3ccc(N)cc3)n2)cc1. The summed E-state index contributed by atoms with van der Waals surface area (Å²) in [5.74, 6) is -1.02. The molecule has 0 saturated heterocycles. The van der Waals surface area contributed by atoms with E-state index in [2.05, 4.69) is 29.4 Å². The molecule has 3 rings (SSSR count). The Bertz CT molecular complexity index is 965. The van der Waals surface area contributed by atoms with E-state index in [1.54, 1.807) is 24.3 Å². The number of ether oxygens (including phenoxy) is 1. The van der Waals surface area contributed by atoms with Crippen LogP contribution in [-0.2, 0) is 16.0 Å². The van der Waals surface area contributed by atoms with Gasteiger partial charge in [-0.15, -0.1) is 11.3 Å². The van der Waals surface area contributed by atoms with E-state index in [0.29, 0.717) is 16.4 Å². The summed E-state index contributed by atoms with van der Waals surface area (Å²) in [6.45, 7) is 3.62. The molecular formula is C21H21N3O3S. The summed E-state index contributed by atoms with van der Waals surface area (Å²) in [5, 5.41) is 5.02. The maximum absolute atomic E-state index is 12.3. The number of amides is 1. The minimum atomic E-state index is -0.957. The molecule has 1 atom stereocenters. The average molecular weight is 395 g/mol. The highest BCUT2D eigenvalue weighted by atomic mass is 32.1. The van der Waals surface area contributed by atoms with Gasteiger partial charge in [0.25, 0.3) is 5.91 Å². The average Bonchev–Trinajstić information content (AvgIpc) is 3.17. The zero-order valence-electron chi connectivity index (χ0n) is 15.6. The van der Waals surface area contributed by atoms with Gasteiger partial charge in [0.05, 0.1) is 11.3 Å². The van der Waals surface area contributed by atoms with E-state index in [0.717, 1.165) is 17.7 Å². The molecule has 1 aromatic heterocycles. The standard InChI is InChI=1S/C21H21N3O3S/c1-3-14-4-6-15(7-5-14)18-12-28-21(23-18)24-19(25)13(2)27-20(26)16-8-10-17(22)11-9-16/h4-13H,3,22H2,1-2H3,(H,23,24,25)/t13-/m1/s1. The van der Waals surface area contributed by atoms with Crippen molar-refractivity contribution in [2.45, 2.75) is 26.4 Å². The minimum absolute atomic E-state index is 0.334. The number of carbonyl (C=O) groups excluding carboxylic acids is 2. The van der Waals surface area contributed by atoms with Crippen molar-refractivity contribution in [2.24, 2.45) is 0 Å². The quantitative estimate of drug-likeness (QED) is 0.483. The molecule has 144 valence electrons. The van der Waals surface area contributed by atoms with Crippen molar-refractivity contribution in [3.63, 3.8) is 0 Å². The molecule has 0 aliphatic rings. The Morgan fingerprint density at radius 3 is 2.46 bits per heavy atom. The second-order valence-corrected chi connectivity index (χ2v) is 7.11. The number of rotatable bonds is 6. The Morgan fingerprint density at radius 1 is 1.14 bits per heavy atom. The Labute approximate surface area is 167 Å². The van der Waals surface area contributed by atoms with Crippen molar-refractivity contribution in [3.8, 4) is 11.3 Å². The van der Waals surface area contributed by atoms with Crippen molar-refractivity contribution in [2.75, 3.05) is 11.1 Å². The smallest absolute Gasteiger partial charge is 0.338 e. The topological polar surface area (TPSA) is 94.3 Å². The molecule has 3 N–H and O–H groups in total. The molecule has 0 bridgehead atoms. The van der Waals surface area contributed by atoms with Crippen LogP contribution in [0.2, 0.25) is 0 Å². The van der Waals surface area contributed by atoms with Crippen LogP contribution >= 0.6 is 11.3 Å². The largest absolute Gasteiger partial charge is 0.449 e. The molecule has 7 heteroatoms. The Hall–Kier alpha value is -3.19. The number of nitrogen functional groups attached to an aromatic ring is 1. The van der Waals surface area contributed by atoms with Crippen LogP contribution in [0.5, 0.6) is 0 Å². The number of esters is 1. The van der Waals surface area contributed by atoms with Crippen LogP contribution < -0.4 is 11.1 Å². The number of carbonyl (C=O) groups is 2. The molecule has 1 heterocycles. The number of nitrogens with one attached hydrogen (secondary N) is 1. The summed E-state index contributed by atoms with van der Waals surface area (Å²) in [6.07, 6.45) is 0.0206. The first-order chi connectivity index (χ1) is 13.5. The number of benzene rings is 2. The third kappa shape index (κ3) is 4.75. The van der Waals surface area contributed by atoms with Crippen LogP contribution in [0.25, 0.3) is 11.3 Å². The number of aromatic nitrogens is 1. The van der Waals surface area contributed by atoms with E-state index in [1.165, 1.54) is 23.8 Å². The van der Waals surface area contributed by atoms with E-state index in [-0.39, 0.29) is 0 Å². The fraction of sp³-hybridized carbons (Fsp3) is 0.190. The van der Waals surface area contributed by atoms with Gasteiger partial charge in [-0.25, -0.2) is 9.78 Å². The minimum Gasteiger partial charge on any atom is -0.449 e. The van der Waals surface area contributed by atoms with Crippen LogP contribution in [0.15, 0.2) is 53.9 Å². The lowest BCUT2D eigenvalue weighted by Gasteiger charge is -2.12. The van der Waals surface area contributed by atoms with Gasteiger partial charge < -0.3 is 10.5 Å². The van der Waals surface area contributed by atoms with Crippen LogP contribution in [0.4, 0.5) is 10.8 Å². The molecule has 0 unspecified atom stereocenters. The van der Waals surface area contributed by atoms with Gasteiger partial charge >= 0.3 is 5.97 Å². The van der Waals surface area contributed by atoms with E-state index >= 15 is 0 Å². The van der Waals surface area contributed by atoms with Crippen molar-refractivity contribution in [3.05, 3.63) is 65.0 Å². The molecular weight excluding hydrogens is 374 g/mol. The summed E-state index contributed by atoms with van der Waals surface area (Å²) >= 11 is 1.32. The lowest BCUT2D eigenvalue weighted by atomic mass is 10.1. The van der Waals surface area contributed by atoms with Gasteiger partial charge in [0.2, 0.25) is 0 Å². The van der Waals surface area contributed by atoms with Gasteiger partial charge in [-0.2, -0.15) is 0 Å². The number of anilines is 2. The molecule has 1 amide bonds. The highest BCUT2D eigenvalue weighted by Crippen LogP contribution is 2.25. The zero-order valence-corrected chi connectivity index (χ0v) is 16.5. The fourth-order valence-electron chi connectivity index (χ4n) is 2.48. The van der Waals surface area contributed by atoms with Crippen molar-refractivity contribution in [1.29, 1.82) is 0 Å². The lowest BCUT2D eigenvalue weighted by molar-refractivity contribution is -0.123. The van der Waals surface area contributed by atoms with Crippen LogP contribution in [0.3, 0.4) is 0 Å². The van der Waals surface area contributed by atoms with Crippen molar-refractivity contribution < 1.29 is 14.3 Å². The number of hydrogen-bond acceptors (Lipinski definition) is 6. The van der Waals surface area contributed by atoms with E-state index < -0.39 is 18.0 Å². The van der Waals surface area contributed by atoms with Crippen molar-refractivity contribution in [1.82, 2.24) is 4.98 Å². The summed E-state index contributed by atoms with van der Waals surface area (Å²) in [4.78, 5) is 28.9. The third-order valence-corrected chi connectivity index (χ3v) is 4.95. The van der Waals surface area contributed by atoms with Crippen LogP contribution in [-0.4, -0.2) is 23.0 Å². The Kier molecular flexibility index (Phi) is 6.06. The summed E-state index contributed by atoms with van der Waals surface area (Å²) in [5.41, 5.74) is 9.50. The van der Waals surface area contributed by atoms with E-state index in [1.807, 2.05) is 17.5 Å². The number of nitrogens with zero attached hydrogens (tertiary/aromatic N) is 1. The van der Waals surface area contributed by atoms with Gasteiger partial charge in [-0.05, 0) is 43.2 Å². The molecule has 0 fully saturated rings. The number of nitrogens with two attached hydrogens (primary N) is 1. The van der Waals surface area contributed by atoms with Gasteiger partial charge in [0.1, 0.15) is 0 Å². The van der Waals surface area contributed by atoms with Gasteiger partial charge in [0.15, 0.2) is 11.2 Å². The molecule has 3 aromatic rings. The number of hydrogen-bond donors (Lipinski definition) is 2. The highest BCUT2D eigenvalue weighted by molar-refractivity contribution is 7.14. The van der Waals surface area contributed by atoms with Gasteiger partial charge in [-0.3, -0.25) is 10.1 Å². The molecule has 0 spiro atoms. The van der Waals surface area contributed by atoms with Crippen LogP contribution in [0.1, 0.15) is 29.8 Å². The molecule has 2 aromatic carbocycles. The van der Waals surface area contributed by atoms with Gasteiger partial charge in [-0.1, -0.05) is 31.2 Å².